The molecule has 31 heavy (non-hydrogen) atoms. The Bertz CT molecular complexity index is 1270. The van der Waals surface area contributed by atoms with E-state index in [0.717, 1.165) is 21.5 Å². The van der Waals surface area contributed by atoms with Crippen LogP contribution in [0.2, 0.25) is 0 Å². The summed E-state index contributed by atoms with van der Waals surface area (Å²) in [4.78, 5) is 12.8. The summed E-state index contributed by atoms with van der Waals surface area (Å²) in [6.45, 7) is 1.89. The molecule has 1 amide bonds. The SMILES string of the molecule is CCC(CC(=C(F)F)c1ccc2ccccc2c1)NC(=O)c1ccc2ccccc2c1. The minimum absolute atomic E-state index is 0.0311. The molecule has 0 aliphatic rings. The van der Waals surface area contributed by atoms with Crippen LogP contribution in [0.4, 0.5) is 8.78 Å². The molecule has 4 heteroatoms. The van der Waals surface area contributed by atoms with E-state index in [4.69, 9.17) is 0 Å². The molecule has 0 radical (unpaired) electrons. The van der Waals surface area contributed by atoms with Crippen molar-refractivity contribution in [2.24, 2.45) is 0 Å². The third-order valence-electron chi connectivity index (χ3n) is 5.62. The fourth-order valence-electron chi connectivity index (χ4n) is 3.82. The highest BCUT2D eigenvalue weighted by Gasteiger charge is 2.19. The van der Waals surface area contributed by atoms with Crippen molar-refractivity contribution < 1.29 is 13.6 Å². The maximum atomic E-state index is 13.9. The van der Waals surface area contributed by atoms with Crippen molar-refractivity contribution in [2.75, 3.05) is 0 Å². The molecule has 2 nitrogen and oxygen atoms in total. The van der Waals surface area contributed by atoms with Gasteiger partial charge in [0, 0.05) is 17.2 Å². The van der Waals surface area contributed by atoms with E-state index < -0.39 is 12.1 Å². The van der Waals surface area contributed by atoms with Crippen LogP contribution < -0.4 is 5.32 Å². The highest BCUT2D eigenvalue weighted by atomic mass is 19.3. The number of rotatable bonds is 6. The lowest BCUT2D eigenvalue weighted by molar-refractivity contribution is 0.0936. The fraction of sp³-hybridized carbons (Fsp3) is 0.148. The smallest absolute Gasteiger partial charge is 0.274 e. The highest BCUT2D eigenvalue weighted by molar-refractivity contribution is 5.98. The van der Waals surface area contributed by atoms with Crippen LogP contribution in [0.5, 0.6) is 0 Å². The first kappa shape index (κ1) is 20.7. The van der Waals surface area contributed by atoms with E-state index in [9.17, 15) is 13.6 Å². The average molecular weight is 415 g/mol. The van der Waals surface area contributed by atoms with Crippen molar-refractivity contribution in [3.8, 4) is 0 Å². The van der Waals surface area contributed by atoms with Crippen LogP contribution >= 0.6 is 0 Å². The molecule has 1 atom stereocenters. The Balaban J connectivity index is 1.55. The van der Waals surface area contributed by atoms with Gasteiger partial charge in [0.05, 0.1) is 0 Å². The first-order valence-corrected chi connectivity index (χ1v) is 10.4. The topological polar surface area (TPSA) is 29.1 Å². The van der Waals surface area contributed by atoms with Crippen molar-refractivity contribution in [3.63, 3.8) is 0 Å². The molecule has 4 rings (SSSR count). The average Bonchev–Trinajstić information content (AvgIpc) is 2.80. The van der Waals surface area contributed by atoms with Crippen molar-refractivity contribution in [1.82, 2.24) is 5.32 Å². The summed E-state index contributed by atoms with van der Waals surface area (Å²) in [5, 5.41) is 6.86. The summed E-state index contributed by atoms with van der Waals surface area (Å²) in [5.41, 5.74) is 0.975. The van der Waals surface area contributed by atoms with Gasteiger partial charge < -0.3 is 5.32 Å². The molecule has 0 heterocycles. The minimum Gasteiger partial charge on any atom is -0.349 e. The van der Waals surface area contributed by atoms with Gasteiger partial charge in [-0.1, -0.05) is 73.7 Å². The highest BCUT2D eigenvalue weighted by Crippen LogP contribution is 2.29. The monoisotopic (exact) mass is 415 g/mol. The third kappa shape index (κ3) is 4.64. The van der Waals surface area contributed by atoms with Gasteiger partial charge in [0.2, 0.25) is 0 Å². The van der Waals surface area contributed by atoms with Gasteiger partial charge in [0.15, 0.2) is 0 Å². The maximum Gasteiger partial charge on any atom is 0.274 e. The van der Waals surface area contributed by atoms with E-state index in [-0.39, 0.29) is 17.9 Å². The second-order valence-corrected chi connectivity index (χ2v) is 7.65. The molecule has 156 valence electrons. The van der Waals surface area contributed by atoms with Gasteiger partial charge in [-0.3, -0.25) is 4.79 Å². The van der Waals surface area contributed by atoms with E-state index in [2.05, 4.69) is 5.32 Å². The molecule has 0 aliphatic heterocycles. The lowest BCUT2D eigenvalue weighted by Gasteiger charge is -2.19. The Kier molecular flexibility index (Phi) is 6.08. The number of amides is 1. The minimum atomic E-state index is -1.71. The number of fused-ring (bicyclic) bond motifs is 2. The van der Waals surface area contributed by atoms with Crippen molar-refractivity contribution in [1.29, 1.82) is 0 Å². The van der Waals surface area contributed by atoms with Crippen LogP contribution in [0.25, 0.3) is 27.1 Å². The van der Waals surface area contributed by atoms with E-state index >= 15 is 0 Å². The van der Waals surface area contributed by atoms with Crippen LogP contribution in [0, 0.1) is 0 Å². The molecule has 4 aromatic carbocycles. The number of carbonyl (C=O) groups excluding carboxylic acids is 1. The van der Waals surface area contributed by atoms with Gasteiger partial charge in [-0.15, -0.1) is 0 Å². The first-order valence-electron chi connectivity index (χ1n) is 10.4. The Morgan fingerprint density at radius 1 is 0.774 bits per heavy atom. The molecule has 0 aliphatic carbocycles. The summed E-state index contributed by atoms with van der Waals surface area (Å²) in [7, 11) is 0. The normalized spacial score (nSPS) is 12.0. The van der Waals surface area contributed by atoms with Crippen molar-refractivity contribution >= 4 is 33.0 Å². The number of hydrogen-bond donors (Lipinski definition) is 1. The largest absolute Gasteiger partial charge is 0.349 e. The van der Waals surface area contributed by atoms with Gasteiger partial charge in [-0.2, -0.15) is 8.78 Å². The molecule has 0 saturated heterocycles. The van der Waals surface area contributed by atoms with Gasteiger partial charge in [0.25, 0.3) is 12.0 Å². The molecule has 4 aromatic rings. The predicted octanol–water partition coefficient (Wildman–Crippen LogP) is 7.20. The third-order valence-corrected chi connectivity index (χ3v) is 5.62. The standard InChI is InChI=1S/C27H23F2NO/c1-2-24(30-27(31)23-14-12-19-8-4-6-10-21(19)16-23)17-25(26(28)29)22-13-11-18-7-3-5-9-20(18)15-22/h3-16,24H,2,17H2,1H3,(H,30,31). The van der Waals surface area contributed by atoms with Crippen LogP contribution in [-0.4, -0.2) is 11.9 Å². The zero-order chi connectivity index (χ0) is 21.8. The number of benzene rings is 4. The number of hydrogen-bond acceptors (Lipinski definition) is 1. The molecular weight excluding hydrogens is 392 g/mol. The molecule has 0 fully saturated rings. The second-order valence-electron chi connectivity index (χ2n) is 7.65. The van der Waals surface area contributed by atoms with Crippen LogP contribution in [0.1, 0.15) is 35.7 Å². The van der Waals surface area contributed by atoms with E-state index in [1.807, 2.05) is 73.7 Å². The van der Waals surface area contributed by atoms with Gasteiger partial charge in [-0.25, -0.2) is 0 Å². The van der Waals surface area contributed by atoms with Gasteiger partial charge in [0.1, 0.15) is 0 Å². The van der Waals surface area contributed by atoms with Gasteiger partial charge in [-0.05, 0) is 58.1 Å². The molecule has 0 aromatic heterocycles. The van der Waals surface area contributed by atoms with E-state index in [1.54, 1.807) is 18.2 Å². The lowest BCUT2D eigenvalue weighted by Crippen LogP contribution is -2.34. The van der Waals surface area contributed by atoms with Gasteiger partial charge >= 0.3 is 0 Å². The summed E-state index contributed by atoms with van der Waals surface area (Å²) in [6.07, 6.45) is -1.10. The second kappa shape index (κ2) is 9.09. The Morgan fingerprint density at radius 2 is 1.29 bits per heavy atom. The quantitative estimate of drug-likeness (QED) is 0.354. The maximum absolute atomic E-state index is 13.9. The number of nitrogens with one attached hydrogen (secondary N) is 1. The molecular formula is C27H23F2NO. The number of carbonyl (C=O) groups is 1. The molecule has 0 saturated carbocycles. The van der Waals surface area contributed by atoms with E-state index in [1.165, 1.54) is 0 Å². The summed E-state index contributed by atoms with van der Waals surface area (Å²) in [6, 6.07) is 25.9. The van der Waals surface area contributed by atoms with Crippen molar-refractivity contribution in [2.45, 2.75) is 25.8 Å². The molecule has 0 bridgehead atoms. The van der Waals surface area contributed by atoms with Crippen LogP contribution in [0.15, 0.2) is 91.0 Å². The van der Waals surface area contributed by atoms with Crippen LogP contribution in [0.3, 0.4) is 0 Å². The van der Waals surface area contributed by atoms with E-state index in [0.29, 0.717) is 17.5 Å². The molecule has 1 N–H and O–H groups in total. The summed E-state index contributed by atoms with van der Waals surface area (Å²) < 4.78 is 27.8. The van der Waals surface area contributed by atoms with Crippen molar-refractivity contribution in [3.05, 3.63) is 102 Å². The number of halogens is 2. The zero-order valence-corrected chi connectivity index (χ0v) is 17.2. The Morgan fingerprint density at radius 3 is 1.84 bits per heavy atom. The zero-order valence-electron chi connectivity index (χ0n) is 17.2. The molecule has 1 unspecified atom stereocenters. The van der Waals surface area contributed by atoms with Crippen LogP contribution in [-0.2, 0) is 0 Å². The first-order chi connectivity index (χ1) is 15.0. The fourth-order valence-corrected chi connectivity index (χ4v) is 3.82. The Labute approximate surface area is 180 Å². The lowest BCUT2D eigenvalue weighted by atomic mass is 9.95. The predicted molar refractivity (Wildman–Crippen MR) is 123 cm³/mol. The summed E-state index contributed by atoms with van der Waals surface area (Å²) in [5.74, 6) is -0.255. The Hall–Kier alpha value is -3.53. The summed E-state index contributed by atoms with van der Waals surface area (Å²) >= 11 is 0. The molecule has 0 spiro atoms.